The molecule has 2 aliphatic heterocycles. The van der Waals surface area contributed by atoms with Crippen molar-refractivity contribution in [2.24, 2.45) is 0 Å². The Hall–Kier alpha value is -3.22. The Morgan fingerprint density at radius 3 is 2.44 bits per heavy atom. The number of carbonyl (C=O) groups is 2. The molecule has 0 spiro atoms. The molecule has 0 unspecified atom stereocenters. The molecule has 34 heavy (non-hydrogen) atoms. The van der Waals surface area contributed by atoms with Crippen LogP contribution in [0.5, 0.6) is 0 Å². The van der Waals surface area contributed by atoms with E-state index in [0.717, 1.165) is 24.0 Å². The molecule has 0 aliphatic carbocycles. The van der Waals surface area contributed by atoms with E-state index in [9.17, 15) is 9.59 Å². The van der Waals surface area contributed by atoms with Crippen LogP contribution in [0.25, 0.3) is 16.1 Å². The number of rotatable bonds is 4. The number of Topliss-reactive ketones (excluding diaryl/α,β-unsaturated/α-hetero) is 1. The average molecular weight is 467 g/mol. The van der Waals surface area contributed by atoms with Gasteiger partial charge in [-0.1, -0.05) is 24.3 Å². The molecule has 2 aliphatic rings. The van der Waals surface area contributed by atoms with Crippen molar-refractivity contribution < 1.29 is 23.8 Å². The molecule has 2 fully saturated rings. The molecule has 9 nitrogen and oxygen atoms in total. The number of ketones is 1. The van der Waals surface area contributed by atoms with Crippen LogP contribution < -0.4 is 0 Å². The van der Waals surface area contributed by atoms with Crippen LogP contribution in [0, 0.1) is 6.57 Å². The van der Waals surface area contributed by atoms with Crippen molar-refractivity contribution in [3.05, 3.63) is 46.9 Å². The fraction of sp³-hybridized carbons (Fsp3) is 0.520. The lowest BCUT2D eigenvalue weighted by molar-refractivity contribution is -0.0441. The van der Waals surface area contributed by atoms with Gasteiger partial charge in [-0.05, 0) is 46.1 Å². The van der Waals surface area contributed by atoms with Crippen molar-refractivity contribution >= 4 is 17.6 Å². The highest BCUT2D eigenvalue weighted by Gasteiger charge is 2.33. The van der Waals surface area contributed by atoms with Gasteiger partial charge in [-0.2, -0.15) is 5.10 Å². The number of amides is 1. The van der Waals surface area contributed by atoms with Crippen LogP contribution in [-0.4, -0.2) is 58.5 Å². The molecule has 1 atom stereocenters. The summed E-state index contributed by atoms with van der Waals surface area (Å²) in [5, 5.41) is 4.73. The van der Waals surface area contributed by atoms with Crippen LogP contribution in [0.1, 0.15) is 68.9 Å². The first-order chi connectivity index (χ1) is 16.2. The van der Waals surface area contributed by atoms with Gasteiger partial charge in [0.1, 0.15) is 11.3 Å². The lowest BCUT2D eigenvalue weighted by Crippen LogP contribution is -2.43. The predicted molar refractivity (Wildman–Crippen MR) is 125 cm³/mol. The van der Waals surface area contributed by atoms with E-state index in [1.165, 1.54) is 6.92 Å². The monoisotopic (exact) mass is 466 g/mol. The Morgan fingerprint density at radius 1 is 1.18 bits per heavy atom. The zero-order valence-electron chi connectivity index (χ0n) is 20.0. The first-order valence-electron chi connectivity index (χ1n) is 11.5. The predicted octanol–water partition coefficient (Wildman–Crippen LogP) is 4.92. The summed E-state index contributed by atoms with van der Waals surface area (Å²) in [6, 6.07) is 7.26. The number of hydrogen-bond donors (Lipinski definition) is 0. The number of hydrogen-bond acceptors (Lipinski definition) is 6. The van der Waals surface area contributed by atoms with Crippen LogP contribution in [0.15, 0.2) is 24.3 Å². The third kappa shape index (κ3) is 4.98. The molecule has 3 heterocycles. The van der Waals surface area contributed by atoms with E-state index in [-0.39, 0.29) is 35.6 Å². The zero-order valence-corrected chi connectivity index (χ0v) is 20.0. The largest absolute Gasteiger partial charge is 0.444 e. The second kappa shape index (κ2) is 9.57. The number of piperidine rings is 1. The van der Waals surface area contributed by atoms with E-state index in [1.54, 1.807) is 9.58 Å². The smallest absolute Gasteiger partial charge is 0.410 e. The van der Waals surface area contributed by atoms with Gasteiger partial charge >= 0.3 is 6.09 Å². The second-order valence-corrected chi connectivity index (χ2v) is 9.58. The highest BCUT2D eigenvalue weighted by Crippen LogP contribution is 2.37. The van der Waals surface area contributed by atoms with Gasteiger partial charge < -0.3 is 19.1 Å². The number of ether oxygens (including phenoxy) is 3. The Bertz CT molecular complexity index is 1100. The first-order valence-corrected chi connectivity index (χ1v) is 11.5. The van der Waals surface area contributed by atoms with Gasteiger partial charge in [0.05, 0.1) is 31.5 Å². The minimum Gasteiger partial charge on any atom is -0.444 e. The number of aromatic nitrogens is 2. The molecule has 0 bridgehead atoms. The molecule has 180 valence electrons. The van der Waals surface area contributed by atoms with Crippen LogP contribution in [0.3, 0.4) is 0 Å². The molecule has 0 N–H and O–H groups in total. The standard InChI is InChI=1S/C25H30N4O5/c1-16(30)22-21(26-5)20(17-8-10-18(11-9-17)23-32-13-14-33-23)27-29(22)19-7-6-12-28(15-19)24(31)34-25(2,3)4/h8-11,19,23H,6-7,12-15H2,1-4H3/t19-/m1/s1. The molecule has 2 saturated heterocycles. The molecule has 0 radical (unpaired) electrons. The van der Waals surface area contributed by atoms with Crippen LogP contribution in [-0.2, 0) is 14.2 Å². The van der Waals surface area contributed by atoms with E-state index in [0.29, 0.717) is 32.0 Å². The molecule has 1 aromatic heterocycles. The summed E-state index contributed by atoms with van der Waals surface area (Å²) in [6.45, 7) is 16.8. The van der Waals surface area contributed by atoms with E-state index < -0.39 is 5.60 Å². The maximum Gasteiger partial charge on any atom is 0.410 e. The van der Waals surface area contributed by atoms with Crippen molar-refractivity contribution in [1.29, 1.82) is 0 Å². The van der Waals surface area contributed by atoms with E-state index in [2.05, 4.69) is 4.85 Å². The summed E-state index contributed by atoms with van der Waals surface area (Å²) in [4.78, 5) is 30.6. The Labute approximate surface area is 199 Å². The minimum atomic E-state index is -0.592. The second-order valence-electron chi connectivity index (χ2n) is 9.58. The molecule has 4 rings (SSSR count). The molecule has 2 aromatic rings. The maximum atomic E-state index is 12.6. The van der Waals surface area contributed by atoms with Gasteiger partial charge in [0, 0.05) is 18.7 Å². The number of benzene rings is 1. The lowest BCUT2D eigenvalue weighted by Gasteiger charge is -2.34. The van der Waals surface area contributed by atoms with E-state index in [1.807, 2.05) is 45.0 Å². The van der Waals surface area contributed by atoms with Gasteiger partial charge in [0.25, 0.3) is 0 Å². The zero-order chi connectivity index (χ0) is 24.5. The number of nitrogens with zero attached hydrogens (tertiary/aromatic N) is 4. The highest BCUT2D eigenvalue weighted by molar-refractivity contribution is 6.01. The fourth-order valence-corrected chi connectivity index (χ4v) is 4.31. The van der Waals surface area contributed by atoms with Gasteiger partial charge in [-0.3, -0.25) is 9.48 Å². The summed E-state index contributed by atoms with van der Waals surface area (Å²) < 4.78 is 18.3. The molecule has 0 saturated carbocycles. The molecule has 9 heteroatoms. The van der Waals surface area contributed by atoms with Crippen molar-refractivity contribution in [3.63, 3.8) is 0 Å². The fourth-order valence-electron chi connectivity index (χ4n) is 4.31. The number of carbonyl (C=O) groups excluding carboxylic acids is 2. The van der Waals surface area contributed by atoms with Gasteiger partial charge in [0.15, 0.2) is 12.1 Å². The Kier molecular flexibility index (Phi) is 6.73. The summed E-state index contributed by atoms with van der Waals surface area (Å²) in [7, 11) is 0. The van der Waals surface area contributed by atoms with E-state index >= 15 is 0 Å². The molecular formula is C25H30N4O5. The SMILES string of the molecule is [C-]#[N+]c1c(-c2ccc(C3OCCO3)cc2)nn([C@@H]2CCCN(C(=O)OC(C)(C)C)C2)c1C(C)=O. The van der Waals surface area contributed by atoms with Crippen molar-refractivity contribution in [2.75, 3.05) is 26.3 Å². The topological polar surface area (TPSA) is 87.2 Å². The van der Waals surface area contributed by atoms with Crippen molar-refractivity contribution in [3.8, 4) is 11.3 Å². The maximum absolute atomic E-state index is 12.6. The summed E-state index contributed by atoms with van der Waals surface area (Å²) in [5.74, 6) is -0.233. The summed E-state index contributed by atoms with van der Waals surface area (Å²) in [6.07, 6.45) is 0.722. The van der Waals surface area contributed by atoms with Gasteiger partial charge in [-0.15, -0.1) is 0 Å². The van der Waals surface area contributed by atoms with Gasteiger partial charge in [-0.25, -0.2) is 9.64 Å². The van der Waals surface area contributed by atoms with Crippen LogP contribution in [0.2, 0.25) is 0 Å². The average Bonchev–Trinajstić information content (AvgIpc) is 3.46. The lowest BCUT2D eigenvalue weighted by atomic mass is 10.0. The molecular weight excluding hydrogens is 436 g/mol. The van der Waals surface area contributed by atoms with Crippen molar-refractivity contribution in [1.82, 2.24) is 14.7 Å². The molecule has 1 amide bonds. The Morgan fingerprint density at radius 2 is 1.85 bits per heavy atom. The third-order valence-electron chi connectivity index (χ3n) is 5.80. The molecule has 1 aromatic carbocycles. The number of likely N-dealkylation sites (tertiary alicyclic amines) is 1. The normalized spacial score (nSPS) is 19.1. The summed E-state index contributed by atoms with van der Waals surface area (Å²) >= 11 is 0. The van der Waals surface area contributed by atoms with Crippen LogP contribution in [0.4, 0.5) is 10.5 Å². The third-order valence-corrected chi connectivity index (χ3v) is 5.80. The highest BCUT2D eigenvalue weighted by atomic mass is 16.7. The summed E-state index contributed by atoms with van der Waals surface area (Å²) in [5.41, 5.74) is 1.97. The first kappa shape index (κ1) is 23.9. The van der Waals surface area contributed by atoms with Gasteiger partial charge in [0.2, 0.25) is 5.69 Å². The minimum absolute atomic E-state index is 0.225. The van der Waals surface area contributed by atoms with Crippen LogP contribution >= 0.6 is 0 Å². The quantitative estimate of drug-likeness (QED) is 0.470. The van der Waals surface area contributed by atoms with Crippen molar-refractivity contribution in [2.45, 2.75) is 58.5 Å². The van der Waals surface area contributed by atoms with E-state index in [4.69, 9.17) is 25.9 Å². The Balaban J connectivity index is 1.65.